The molecule has 0 unspecified atom stereocenters. The maximum absolute atomic E-state index is 4.71. The minimum atomic E-state index is -0.0359. The molecule has 0 N–H and O–H groups in total. The number of hydrogen-bond donors (Lipinski definition) is 1. The zero-order valence-electron chi connectivity index (χ0n) is 10.4. The Morgan fingerprint density at radius 1 is 0.800 bits per heavy atom. The molecule has 0 atom stereocenters. The van der Waals surface area contributed by atoms with Crippen LogP contribution in [0.4, 0.5) is 0 Å². The zero-order valence-corrected chi connectivity index (χ0v) is 16.9. The van der Waals surface area contributed by atoms with Crippen molar-refractivity contribution >= 4 is 71.5 Å². The monoisotopic (exact) mass is 286 g/mol. The van der Waals surface area contributed by atoms with Gasteiger partial charge in [0.1, 0.15) is 0 Å². The lowest BCUT2D eigenvalue weighted by Crippen LogP contribution is -2.54. The van der Waals surface area contributed by atoms with Gasteiger partial charge >= 0.3 is 0 Å². The molecule has 0 aliphatic rings. The predicted molar refractivity (Wildman–Crippen MR) is 89.9 cm³/mol. The van der Waals surface area contributed by atoms with E-state index in [-0.39, 0.29) is 38.1 Å². The van der Waals surface area contributed by atoms with E-state index in [0.29, 0.717) is 0 Å². The molecule has 1 aromatic carbocycles. The van der Waals surface area contributed by atoms with Gasteiger partial charge in [0.15, 0.2) is 0 Å². The van der Waals surface area contributed by atoms with Gasteiger partial charge in [0.2, 0.25) is 0 Å². The van der Waals surface area contributed by atoms with Crippen molar-refractivity contribution in [2.45, 2.75) is 31.1 Å². The molecule has 0 spiro atoms. The summed E-state index contributed by atoms with van der Waals surface area (Å²) in [6, 6.07) is 2.42. The predicted octanol–water partition coefficient (Wildman–Crippen LogP) is -2.66. The summed E-state index contributed by atoms with van der Waals surface area (Å²) >= 11 is 4.71. The molecular formula is C10H22SSi4. The van der Waals surface area contributed by atoms with E-state index in [1.165, 1.54) is 4.90 Å². The van der Waals surface area contributed by atoms with Crippen LogP contribution in [0.1, 0.15) is 0 Å². The normalized spacial score (nSPS) is 13.9. The van der Waals surface area contributed by atoms with E-state index in [9.17, 15) is 0 Å². The molecule has 0 heterocycles. The standard InChI is InChI=1S/C10H22SSi4/c1-12-7-5-6(11)8(13-2)10(15-4)9(7)14-3/h5,11H,12-15H2,1-4H3. The van der Waals surface area contributed by atoms with E-state index in [0.717, 1.165) is 0 Å². The summed E-state index contributed by atoms with van der Waals surface area (Å²) in [6.45, 7) is 9.73. The van der Waals surface area contributed by atoms with Gasteiger partial charge in [-0.2, -0.15) is 0 Å². The summed E-state index contributed by atoms with van der Waals surface area (Å²) in [7, 11) is -0.0122. The Morgan fingerprint density at radius 3 is 1.73 bits per heavy atom. The summed E-state index contributed by atoms with van der Waals surface area (Å²) in [6.07, 6.45) is 0. The summed E-state index contributed by atoms with van der Waals surface area (Å²) in [4.78, 5) is 1.34. The van der Waals surface area contributed by atoms with Crippen LogP contribution in [-0.2, 0) is 0 Å². The van der Waals surface area contributed by atoms with E-state index >= 15 is 0 Å². The van der Waals surface area contributed by atoms with Gasteiger partial charge in [-0.05, 0) is 0 Å². The Labute approximate surface area is 108 Å². The highest BCUT2D eigenvalue weighted by Gasteiger charge is 2.11. The van der Waals surface area contributed by atoms with E-state index in [1.54, 1.807) is 10.4 Å². The van der Waals surface area contributed by atoms with Crippen molar-refractivity contribution in [1.82, 2.24) is 0 Å². The van der Waals surface area contributed by atoms with Gasteiger partial charge in [-0.25, -0.2) is 0 Å². The van der Waals surface area contributed by atoms with Crippen LogP contribution in [-0.4, -0.2) is 38.1 Å². The lowest BCUT2D eigenvalue weighted by Gasteiger charge is -2.18. The minimum absolute atomic E-state index is 0.000894. The highest BCUT2D eigenvalue weighted by molar-refractivity contribution is 7.80. The van der Waals surface area contributed by atoms with Crippen LogP contribution in [0.15, 0.2) is 11.0 Å². The van der Waals surface area contributed by atoms with Crippen molar-refractivity contribution in [2.75, 3.05) is 0 Å². The fourth-order valence-corrected chi connectivity index (χ4v) is 13.2. The van der Waals surface area contributed by atoms with Gasteiger partial charge in [-0.15, -0.1) is 12.6 Å². The van der Waals surface area contributed by atoms with Gasteiger partial charge in [-0.1, -0.05) is 53.0 Å². The quantitative estimate of drug-likeness (QED) is 0.454. The van der Waals surface area contributed by atoms with Crippen molar-refractivity contribution in [2.24, 2.45) is 0 Å². The number of hydrogen-bond acceptors (Lipinski definition) is 1. The molecule has 5 heteroatoms. The second-order valence-corrected chi connectivity index (χ2v) is 10.1. The molecule has 1 aromatic rings. The highest BCUT2D eigenvalue weighted by atomic mass is 32.1. The van der Waals surface area contributed by atoms with Crippen LogP contribution >= 0.6 is 12.6 Å². The lowest BCUT2D eigenvalue weighted by atomic mass is 10.3. The van der Waals surface area contributed by atoms with E-state index in [4.69, 9.17) is 12.6 Å². The van der Waals surface area contributed by atoms with Crippen LogP contribution in [0.5, 0.6) is 0 Å². The first-order valence-corrected chi connectivity index (χ1v) is 15.0. The minimum Gasteiger partial charge on any atom is -0.144 e. The van der Waals surface area contributed by atoms with Crippen LogP contribution in [0.25, 0.3) is 0 Å². The maximum Gasteiger partial charge on any atom is 0.0529 e. The van der Waals surface area contributed by atoms with Crippen molar-refractivity contribution < 1.29 is 0 Å². The van der Waals surface area contributed by atoms with E-state index < -0.39 is 0 Å². The third kappa shape index (κ3) is 2.76. The van der Waals surface area contributed by atoms with Crippen molar-refractivity contribution in [1.29, 1.82) is 0 Å². The molecule has 15 heavy (non-hydrogen) atoms. The SMILES string of the molecule is C[SiH2]c1cc(S)c([SiH2]C)c([SiH2]C)c1[SiH2]C. The summed E-state index contributed by atoms with van der Waals surface area (Å²) in [5.41, 5.74) is 0. The molecular weight excluding hydrogens is 265 g/mol. The van der Waals surface area contributed by atoms with Crippen LogP contribution in [0.2, 0.25) is 26.2 Å². The molecule has 0 saturated heterocycles. The van der Waals surface area contributed by atoms with E-state index in [2.05, 4.69) is 32.3 Å². The lowest BCUT2D eigenvalue weighted by molar-refractivity contribution is 1.60. The third-order valence-corrected chi connectivity index (χ3v) is 11.4. The van der Waals surface area contributed by atoms with Gasteiger partial charge in [0, 0.05) is 4.90 Å². The second kappa shape index (κ2) is 6.24. The van der Waals surface area contributed by atoms with Gasteiger partial charge in [-0.3, -0.25) is 0 Å². The molecule has 0 aliphatic carbocycles. The first-order chi connectivity index (χ1) is 7.19. The van der Waals surface area contributed by atoms with E-state index in [1.807, 2.05) is 10.4 Å². The van der Waals surface area contributed by atoms with Gasteiger partial charge < -0.3 is 0 Å². The van der Waals surface area contributed by atoms with Gasteiger partial charge in [0.25, 0.3) is 0 Å². The van der Waals surface area contributed by atoms with Crippen molar-refractivity contribution in [3.8, 4) is 0 Å². The highest BCUT2D eigenvalue weighted by Crippen LogP contribution is 1.96. The topological polar surface area (TPSA) is 0 Å². The Balaban J connectivity index is 3.44. The summed E-state index contributed by atoms with van der Waals surface area (Å²) in [5, 5.41) is 7.16. The fraction of sp³-hybridized carbons (Fsp3) is 0.400. The third-order valence-electron chi connectivity index (χ3n) is 3.18. The summed E-state index contributed by atoms with van der Waals surface area (Å²) in [5.74, 6) is 0. The number of thiol groups is 1. The smallest absolute Gasteiger partial charge is 0.0529 e. The fourth-order valence-electron chi connectivity index (χ4n) is 2.45. The Kier molecular flexibility index (Phi) is 5.62. The largest absolute Gasteiger partial charge is 0.144 e. The second-order valence-electron chi connectivity index (χ2n) is 3.90. The Bertz CT molecular complexity index is 352. The molecule has 0 nitrogen and oxygen atoms in total. The maximum atomic E-state index is 4.71. The molecule has 0 radical (unpaired) electrons. The first kappa shape index (κ1) is 13.5. The van der Waals surface area contributed by atoms with Crippen LogP contribution in [0.3, 0.4) is 0 Å². The van der Waals surface area contributed by atoms with Crippen molar-refractivity contribution in [3.05, 3.63) is 6.07 Å². The summed E-state index contributed by atoms with van der Waals surface area (Å²) < 4.78 is 0. The average molecular weight is 287 g/mol. The molecule has 1 rings (SSSR count). The first-order valence-electron chi connectivity index (χ1n) is 6.04. The number of rotatable bonds is 4. The molecule has 0 aliphatic heterocycles. The molecule has 0 bridgehead atoms. The number of benzene rings is 1. The zero-order chi connectivity index (χ0) is 11.4. The van der Waals surface area contributed by atoms with Crippen LogP contribution in [0, 0.1) is 0 Å². The molecule has 84 valence electrons. The van der Waals surface area contributed by atoms with Crippen LogP contribution < -0.4 is 20.7 Å². The Morgan fingerprint density at radius 2 is 1.33 bits per heavy atom. The molecule has 0 saturated carbocycles. The average Bonchev–Trinajstić information content (AvgIpc) is 2.27. The molecule has 0 aromatic heterocycles. The van der Waals surface area contributed by atoms with Crippen molar-refractivity contribution in [3.63, 3.8) is 0 Å². The molecule has 0 fully saturated rings. The van der Waals surface area contributed by atoms with Gasteiger partial charge in [0.05, 0.1) is 38.1 Å². The molecule has 0 amide bonds. The Hall–Kier alpha value is 0.438.